The minimum Gasteiger partial charge on any atom is -0.481 e. The summed E-state index contributed by atoms with van der Waals surface area (Å²) in [6.07, 6.45) is 3.00. The predicted molar refractivity (Wildman–Crippen MR) is 91.9 cm³/mol. The van der Waals surface area contributed by atoms with E-state index < -0.39 is 11.4 Å². The van der Waals surface area contributed by atoms with Gasteiger partial charge in [-0.15, -0.1) is 0 Å². The molecule has 2 aromatic carbocycles. The van der Waals surface area contributed by atoms with Crippen LogP contribution in [0.2, 0.25) is 0 Å². The maximum absolute atomic E-state index is 12.3. The third-order valence-electron chi connectivity index (χ3n) is 5.34. The Morgan fingerprint density at radius 2 is 1.79 bits per heavy atom. The van der Waals surface area contributed by atoms with Gasteiger partial charge >= 0.3 is 5.97 Å². The minimum atomic E-state index is -0.853. The molecule has 24 heavy (non-hydrogen) atoms. The lowest BCUT2D eigenvalue weighted by atomic mass is 9.66. The van der Waals surface area contributed by atoms with Gasteiger partial charge in [-0.3, -0.25) is 9.59 Å². The Morgan fingerprint density at radius 1 is 1.04 bits per heavy atom. The molecule has 4 rings (SSSR count). The highest BCUT2D eigenvalue weighted by Crippen LogP contribution is 2.44. The molecule has 122 valence electrons. The number of aliphatic carboxylic acids is 1. The fraction of sp³-hybridized carbons (Fsp3) is 0.300. The Kier molecular flexibility index (Phi) is 3.41. The number of rotatable bonds is 4. The number of amides is 1. The van der Waals surface area contributed by atoms with Gasteiger partial charge in [0.15, 0.2) is 0 Å². The molecule has 0 aliphatic heterocycles. The molecular weight excluding hydrogens is 302 g/mol. The molecular formula is C20H19NO3. The van der Waals surface area contributed by atoms with Crippen LogP contribution < -0.4 is 5.32 Å². The van der Waals surface area contributed by atoms with Crippen molar-refractivity contribution in [2.45, 2.75) is 32.1 Å². The molecule has 4 nitrogen and oxygen atoms in total. The van der Waals surface area contributed by atoms with Crippen LogP contribution in [0.15, 0.2) is 42.5 Å². The van der Waals surface area contributed by atoms with Gasteiger partial charge in [-0.1, -0.05) is 36.8 Å². The SMILES string of the molecule is O=C(CC1(C(=O)O)CCC1)Nc1ccc2c(c1)Cc1ccccc1-2. The number of carboxylic acid groups (broad SMARTS) is 1. The van der Waals surface area contributed by atoms with E-state index in [0.29, 0.717) is 12.8 Å². The van der Waals surface area contributed by atoms with Gasteiger partial charge < -0.3 is 10.4 Å². The molecule has 4 heteroatoms. The number of carboxylic acids is 1. The summed E-state index contributed by atoms with van der Waals surface area (Å²) in [4.78, 5) is 23.7. The van der Waals surface area contributed by atoms with Crippen LogP contribution in [0.25, 0.3) is 11.1 Å². The van der Waals surface area contributed by atoms with E-state index in [4.69, 9.17) is 0 Å². The Hall–Kier alpha value is -2.62. The van der Waals surface area contributed by atoms with Crippen molar-refractivity contribution < 1.29 is 14.7 Å². The minimum absolute atomic E-state index is 0.0552. The van der Waals surface area contributed by atoms with E-state index in [-0.39, 0.29) is 12.3 Å². The Labute approximate surface area is 140 Å². The van der Waals surface area contributed by atoms with Crippen molar-refractivity contribution in [3.05, 3.63) is 53.6 Å². The topological polar surface area (TPSA) is 66.4 Å². The second-order valence-electron chi connectivity index (χ2n) is 6.87. The van der Waals surface area contributed by atoms with E-state index in [9.17, 15) is 14.7 Å². The number of fused-ring (bicyclic) bond motifs is 3. The van der Waals surface area contributed by atoms with Gasteiger partial charge in [0.05, 0.1) is 5.41 Å². The van der Waals surface area contributed by atoms with Crippen molar-refractivity contribution in [2.24, 2.45) is 5.41 Å². The van der Waals surface area contributed by atoms with E-state index >= 15 is 0 Å². The third-order valence-corrected chi connectivity index (χ3v) is 5.34. The molecule has 0 unspecified atom stereocenters. The largest absolute Gasteiger partial charge is 0.481 e. The average Bonchev–Trinajstić information content (AvgIpc) is 2.88. The monoisotopic (exact) mass is 321 g/mol. The molecule has 0 atom stereocenters. The number of carbonyl (C=O) groups is 2. The number of benzene rings is 2. The number of carbonyl (C=O) groups excluding carboxylic acids is 1. The van der Waals surface area contributed by atoms with E-state index in [0.717, 1.165) is 18.5 Å². The second kappa shape index (κ2) is 5.48. The fourth-order valence-electron chi connectivity index (χ4n) is 3.81. The maximum Gasteiger partial charge on any atom is 0.310 e. The van der Waals surface area contributed by atoms with Crippen molar-refractivity contribution in [1.82, 2.24) is 0 Å². The smallest absolute Gasteiger partial charge is 0.310 e. The van der Waals surface area contributed by atoms with Crippen LogP contribution in [0.5, 0.6) is 0 Å². The van der Waals surface area contributed by atoms with Crippen molar-refractivity contribution in [1.29, 1.82) is 0 Å². The lowest BCUT2D eigenvalue weighted by Crippen LogP contribution is -2.41. The third kappa shape index (κ3) is 2.39. The molecule has 0 bridgehead atoms. The molecule has 1 fully saturated rings. The number of nitrogens with one attached hydrogen (secondary N) is 1. The van der Waals surface area contributed by atoms with Crippen molar-refractivity contribution in [3.63, 3.8) is 0 Å². The molecule has 0 aromatic heterocycles. The number of hydrogen-bond donors (Lipinski definition) is 2. The lowest BCUT2D eigenvalue weighted by Gasteiger charge is -2.36. The van der Waals surface area contributed by atoms with Crippen LogP contribution in [0.4, 0.5) is 5.69 Å². The van der Waals surface area contributed by atoms with Gasteiger partial charge in [0.25, 0.3) is 0 Å². The summed E-state index contributed by atoms with van der Waals surface area (Å²) in [5.41, 5.74) is 4.86. The molecule has 2 N–H and O–H groups in total. The summed E-state index contributed by atoms with van der Waals surface area (Å²) in [5, 5.41) is 12.2. The van der Waals surface area contributed by atoms with Crippen LogP contribution in [0.1, 0.15) is 36.8 Å². The molecule has 1 saturated carbocycles. The lowest BCUT2D eigenvalue weighted by molar-refractivity contribution is -0.157. The average molecular weight is 321 g/mol. The summed E-state index contributed by atoms with van der Waals surface area (Å²) in [5.74, 6) is -1.07. The zero-order valence-corrected chi connectivity index (χ0v) is 13.3. The standard InChI is InChI=1S/C20H19NO3/c22-18(12-20(19(23)24)8-3-9-20)21-15-6-7-17-14(11-15)10-13-4-1-2-5-16(13)17/h1-2,4-7,11H,3,8-10,12H2,(H,21,22)(H,23,24). The first-order chi connectivity index (χ1) is 11.6. The number of anilines is 1. The van der Waals surface area contributed by atoms with E-state index in [1.165, 1.54) is 22.3 Å². The highest BCUT2D eigenvalue weighted by Gasteiger charge is 2.45. The van der Waals surface area contributed by atoms with Gasteiger partial charge in [-0.05, 0) is 53.6 Å². The van der Waals surface area contributed by atoms with E-state index in [2.05, 4.69) is 17.4 Å². The molecule has 2 aliphatic rings. The van der Waals surface area contributed by atoms with Crippen molar-refractivity contribution in [3.8, 4) is 11.1 Å². The summed E-state index contributed by atoms with van der Waals surface area (Å²) in [6.45, 7) is 0. The Bertz CT molecular complexity index is 837. The first-order valence-corrected chi connectivity index (χ1v) is 8.32. The van der Waals surface area contributed by atoms with Crippen LogP contribution in [0.3, 0.4) is 0 Å². The quantitative estimate of drug-likeness (QED) is 0.767. The van der Waals surface area contributed by atoms with Crippen LogP contribution in [-0.4, -0.2) is 17.0 Å². The molecule has 2 aromatic rings. The molecule has 2 aliphatic carbocycles. The van der Waals surface area contributed by atoms with Gasteiger partial charge in [0.2, 0.25) is 5.91 Å². The van der Waals surface area contributed by atoms with Gasteiger partial charge in [0.1, 0.15) is 0 Å². The highest BCUT2D eigenvalue weighted by atomic mass is 16.4. The summed E-state index contributed by atoms with van der Waals surface area (Å²) >= 11 is 0. The van der Waals surface area contributed by atoms with E-state index in [1.807, 2.05) is 30.3 Å². The van der Waals surface area contributed by atoms with Crippen LogP contribution in [-0.2, 0) is 16.0 Å². The molecule has 0 heterocycles. The normalized spacial score (nSPS) is 16.7. The first kappa shape index (κ1) is 14.9. The van der Waals surface area contributed by atoms with Crippen molar-refractivity contribution in [2.75, 3.05) is 5.32 Å². The summed E-state index contributed by atoms with van der Waals surface area (Å²) < 4.78 is 0. The van der Waals surface area contributed by atoms with Crippen molar-refractivity contribution >= 4 is 17.6 Å². The number of hydrogen-bond acceptors (Lipinski definition) is 2. The predicted octanol–water partition coefficient (Wildman–Crippen LogP) is 3.84. The molecule has 0 saturated heterocycles. The molecule has 1 amide bonds. The van der Waals surface area contributed by atoms with Gasteiger partial charge in [0, 0.05) is 12.1 Å². The molecule has 0 radical (unpaired) electrons. The zero-order valence-electron chi connectivity index (χ0n) is 13.3. The maximum atomic E-state index is 12.3. The summed E-state index contributed by atoms with van der Waals surface area (Å²) in [6, 6.07) is 14.2. The summed E-state index contributed by atoms with van der Waals surface area (Å²) in [7, 11) is 0. The first-order valence-electron chi connectivity index (χ1n) is 8.32. The fourth-order valence-corrected chi connectivity index (χ4v) is 3.81. The van der Waals surface area contributed by atoms with Gasteiger partial charge in [-0.25, -0.2) is 0 Å². The van der Waals surface area contributed by atoms with Gasteiger partial charge in [-0.2, -0.15) is 0 Å². The highest BCUT2D eigenvalue weighted by molar-refractivity contribution is 5.95. The second-order valence-corrected chi connectivity index (χ2v) is 6.87. The Balaban J connectivity index is 1.50. The Morgan fingerprint density at radius 3 is 2.50 bits per heavy atom. The van der Waals surface area contributed by atoms with Crippen LogP contribution >= 0.6 is 0 Å². The zero-order chi connectivity index (χ0) is 16.7. The van der Waals surface area contributed by atoms with E-state index in [1.54, 1.807) is 0 Å². The van der Waals surface area contributed by atoms with Crippen LogP contribution in [0, 0.1) is 5.41 Å². The molecule has 0 spiro atoms.